The molecule has 6 rings (SSSR count). The summed E-state index contributed by atoms with van der Waals surface area (Å²) in [4.78, 5) is 34.9. The van der Waals surface area contributed by atoms with Crippen molar-refractivity contribution >= 4 is 11.7 Å². The van der Waals surface area contributed by atoms with Crippen LogP contribution in [-0.4, -0.2) is 39.7 Å². The Bertz CT molecular complexity index is 1540. The molecule has 1 saturated heterocycles. The summed E-state index contributed by atoms with van der Waals surface area (Å²) in [5, 5.41) is 0. The number of Topliss-reactive ketones (excluding diaryl/α,β-unsaturated/α-hetero) is 1. The zero-order valence-electron chi connectivity index (χ0n) is 22.1. The van der Waals surface area contributed by atoms with Crippen LogP contribution < -0.4 is 4.74 Å². The summed E-state index contributed by atoms with van der Waals surface area (Å²) in [5.74, 6) is 1.48. The van der Waals surface area contributed by atoms with Gasteiger partial charge in [-0.05, 0) is 52.9 Å². The number of halogens is 1. The topological polar surface area (TPSA) is 75.3 Å². The molecule has 2 aliphatic rings. The highest BCUT2D eigenvalue weighted by atomic mass is 19.1. The van der Waals surface area contributed by atoms with E-state index in [1.54, 1.807) is 23.2 Å². The number of nitrogens with zero attached hydrogens (tertiary/aromatic N) is 2. The number of allylic oxidation sites excluding steroid dienone is 1. The third-order valence-corrected chi connectivity index (χ3v) is 7.72. The fraction of sp³-hybridized carbons (Fsp3) is 0.242. The molecule has 3 heterocycles. The van der Waals surface area contributed by atoms with Gasteiger partial charge in [-0.25, -0.2) is 9.37 Å². The number of ketones is 1. The zero-order valence-corrected chi connectivity index (χ0v) is 22.1. The number of piperidine rings is 1. The van der Waals surface area contributed by atoms with Crippen LogP contribution in [0.5, 0.6) is 5.75 Å². The third kappa shape index (κ3) is 5.59. The van der Waals surface area contributed by atoms with Crippen LogP contribution in [0.2, 0.25) is 0 Å². The minimum atomic E-state index is -0.359. The number of H-pyrrole nitrogens is 1. The Balaban J connectivity index is 1.18. The molecule has 1 atom stereocenters. The minimum absolute atomic E-state index is 0.0146. The molecule has 1 fully saturated rings. The fourth-order valence-corrected chi connectivity index (χ4v) is 5.52. The first-order chi connectivity index (χ1) is 19.5. The highest BCUT2D eigenvalue weighted by Gasteiger charge is 2.32. The highest BCUT2D eigenvalue weighted by molar-refractivity contribution is 5.85. The Morgan fingerprint density at radius 2 is 1.77 bits per heavy atom. The third-order valence-electron chi connectivity index (χ3n) is 7.72. The highest BCUT2D eigenvalue weighted by Crippen LogP contribution is 2.33. The standard InChI is InChI=1S/C33H30FN3O3/c34-28-10-7-24(8-11-28)30-21-29(38)13-17-37(30)32(39)19-22-1-2-27-20-26(9-12-31(27)40-18-14-22)23-3-5-25(6-4-23)33-35-15-16-36-33/h1,3-12,15-16,20,30H,2,13-14,17-19,21H2,(H,35,36)/b22-1+/t30-/m0/s1. The summed E-state index contributed by atoms with van der Waals surface area (Å²) in [5.41, 5.74) is 6.12. The van der Waals surface area contributed by atoms with E-state index in [1.807, 2.05) is 12.3 Å². The van der Waals surface area contributed by atoms with Crippen LogP contribution >= 0.6 is 0 Å². The van der Waals surface area contributed by atoms with Crippen molar-refractivity contribution in [1.82, 2.24) is 14.9 Å². The van der Waals surface area contributed by atoms with Gasteiger partial charge < -0.3 is 14.6 Å². The van der Waals surface area contributed by atoms with Crippen LogP contribution in [0.25, 0.3) is 22.5 Å². The van der Waals surface area contributed by atoms with E-state index in [1.165, 1.54) is 12.1 Å². The first-order valence-corrected chi connectivity index (χ1v) is 13.6. The lowest BCUT2D eigenvalue weighted by Crippen LogP contribution is -2.41. The Kier molecular flexibility index (Phi) is 7.27. The summed E-state index contributed by atoms with van der Waals surface area (Å²) in [7, 11) is 0. The number of rotatable bonds is 5. The van der Waals surface area contributed by atoms with E-state index in [2.05, 4.69) is 52.4 Å². The normalized spacial score (nSPS) is 18.6. The van der Waals surface area contributed by atoms with Crippen LogP contribution in [0.3, 0.4) is 0 Å². The molecule has 0 radical (unpaired) electrons. The van der Waals surface area contributed by atoms with E-state index < -0.39 is 0 Å². The van der Waals surface area contributed by atoms with Crippen LogP contribution in [0.4, 0.5) is 4.39 Å². The summed E-state index contributed by atoms with van der Waals surface area (Å²) in [6.45, 7) is 0.873. The molecule has 0 aliphatic carbocycles. The van der Waals surface area contributed by atoms with E-state index in [-0.39, 0.29) is 36.4 Å². The lowest BCUT2D eigenvalue weighted by atomic mass is 9.93. The molecule has 202 valence electrons. The number of ether oxygens (including phenoxy) is 1. The lowest BCUT2D eigenvalue weighted by Gasteiger charge is -2.36. The molecule has 2 aliphatic heterocycles. The molecular weight excluding hydrogens is 505 g/mol. The van der Waals surface area contributed by atoms with Crippen molar-refractivity contribution in [2.75, 3.05) is 13.2 Å². The van der Waals surface area contributed by atoms with Gasteiger partial charge in [-0.1, -0.05) is 54.1 Å². The first kappa shape index (κ1) is 25.7. The molecule has 1 aromatic heterocycles. The SMILES string of the molecule is O=C1CCN(C(=O)C/C2=C/Cc3cc(-c4ccc(-c5ncc[nH]5)cc4)ccc3OCC2)[C@H](c2ccc(F)cc2)C1. The van der Waals surface area contributed by atoms with Gasteiger partial charge in [0.05, 0.1) is 12.6 Å². The number of aromatic amines is 1. The summed E-state index contributed by atoms with van der Waals surface area (Å²) < 4.78 is 19.6. The van der Waals surface area contributed by atoms with Gasteiger partial charge >= 0.3 is 0 Å². The summed E-state index contributed by atoms with van der Waals surface area (Å²) in [6.07, 6.45) is 7.91. The quantitative estimate of drug-likeness (QED) is 0.298. The van der Waals surface area contributed by atoms with E-state index >= 15 is 0 Å². The van der Waals surface area contributed by atoms with Crippen molar-refractivity contribution in [2.45, 2.75) is 38.1 Å². The van der Waals surface area contributed by atoms with Crippen molar-refractivity contribution in [3.63, 3.8) is 0 Å². The molecule has 7 heteroatoms. The molecule has 4 aromatic rings. The Labute approximate surface area is 232 Å². The van der Waals surface area contributed by atoms with E-state index in [0.717, 1.165) is 45.0 Å². The molecule has 3 aromatic carbocycles. The van der Waals surface area contributed by atoms with Crippen molar-refractivity contribution in [3.8, 4) is 28.3 Å². The Morgan fingerprint density at radius 3 is 2.55 bits per heavy atom. The number of fused-ring (bicyclic) bond motifs is 1. The van der Waals surface area contributed by atoms with Crippen LogP contribution in [0, 0.1) is 5.82 Å². The number of benzene rings is 3. The maximum absolute atomic E-state index is 13.5. The number of aromatic nitrogens is 2. The molecule has 0 saturated carbocycles. The van der Waals surface area contributed by atoms with Crippen LogP contribution in [-0.2, 0) is 16.0 Å². The van der Waals surface area contributed by atoms with E-state index in [0.29, 0.717) is 32.4 Å². The number of carbonyl (C=O) groups is 2. The first-order valence-electron chi connectivity index (χ1n) is 13.6. The van der Waals surface area contributed by atoms with Gasteiger partial charge in [0.15, 0.2) is 0 Å². The number of likely N-dealkylation sites (tertiary alicyclic amines) is 1. The summed E-state index contributed by atoms with van der Waals surface area (Å²) >= 11 is 0. The van der Waals surface area contributed by atoms with Gasteiger partial charge in [0.1, 0.15) is 23.2 Å². The lowest BCUT2D eigenvalue weighted by molar-refractivity contribution is -0.137. The average Bonchev–Trinajstić information content (AvgIpc) is 3.50. The molecule has 0 spiro atoms. The molecule has 1 amide bonds. The Hall–Kier alpha value is -4.52. The number of imidazole rings is 1. The Morgan fingerprint density at radius 1 is 1.00 bits per heavy atom. The monoisotopic (exact) mass is 535 g/mol. The number of hydrogen-bond acceptors (Lipinski definition) is 4. The van der Waals surface area contributed by atoms with E-state index in [4.69, 9.17) is 4.74 Å². The van der Waals surface area contributed by atoms with Gasteiger partial charge in [0.2, 0.25) is 5.91 Å². The molecule has 6 nitrogen and oxygen atoms in total. The predicted octanol–water partition coefficient (Wildman–Crippen LogP) is 6.46. The molecule has 40 heavy (non-hydrogen) atoms. The van der Waals surface area contributed by atoms with Crippen LogP contribution in [0.15, 0.2) is 90.8 Å². The van der Waals surface area contributed by atoms with Crippen molar-refractivity contribution in [3.05, 3.63) is 108 Å². The number of hydrogen-bond donors (Lipinski definition) is 1. The van der Waals surface area contributed by atoms with Gasteiger partial charge in [-0.3, -0.25) is 9.59 Å². The second-order valence-electron chi connectivity index (χ2n) is 10.3. The number of carbonyl (C=O) groups excluding carboxylic acids is 2. The largest absolute Gasteiger partial charge is 0.493 e. The number of amides is 1. The predicted molar refractivity (Wildman–Crippen MR) is 151 cm³/mol. The van der Waals surface area contributed by atoms with Crippen LogP contribution in [0.1, 0.15) is 42.9 Å². The second-order valence-corrected chi connectivity index (χ2v) is 10.3. The van der Waals surface area contributed by atoms with Gasteiger partial charge in [-0.2, -0.15) is 0 Å². The maximum atomic E-state index is 13.5. The smallest absolute Gasteiger partial charge is 0.227 e. The van der Waals surface area contributed by atoms with Crippen molar-refractivity contribution in [1.29, 1.82) is 0 Å². The average molecular weight is 536 g/mol. The van der Waals surface area contributed by atoms with Gasteiger partial charge in [0.25, 0.3) is 0 Å². The number of nitrogens with one attached hydrogen (secondary N) is 1. The van der Waals surface area contributed by atoms with Gasteiger partial charge in [0, 0.05) is 50.2 Å². The zero-order chi connectivity index (χ0) is 27.5. The maximum Gasteiger partial charge on any atom is 0.227 e. The molecule has 0 bridgehead atoms. The van der Waals surface area contributed by atoms with Crippen molar-refractivity contribution < 1.29 is 18.7 Å². The molecular formula is C33H30FN3O3. The molecule has 0 unspecified atom stereocenters. The van der Waals surface area contributed by atoms with Gasteiger partial charge in [-0.15, -0.1) is 0 Å². The molecule has 1 N–H and O–H groups in total. The van der Waals surface area contributed by atoms with Crippen molar-refractivity contribution in [2.24, 2.45) is 0 Å². The summed E-state index contributed by atoms with van der Waals surface area (Å²) in [6, 6.07) is 20.3. The fourth-order valence-electron chi connectivity index (χ4n) is 5.52. The van der Waals surface area contributed by atoms with E-state index in [9.17, 15) is 14.0 Å². The minimum Gasteiger partial charge on any atom is -0.493 e. The second kappa shape index (κ2) is 11.3.